The average molecular weight is 795 g/mol. The lowest BCUT2D eigenvalue weighted by molar-refractivity contribution is 1.18. The van der Waals surface area contributed by atoms with Crippen molar-refractivity contribution in [3.05, 3.63) is 231 Å². The Hall–Kier alpha value is -7.72. The van der Waals surface area contributed by atoms with Gasteiger partial charge < -0.3 is 9.47 Å². The molecule has 0 spiro atoms. The van der Waals surface area contributed by atoms with Gasteiger partial charge in [-0.05, 0) is 112 Å². The van der Waals surface area contributed by atoms with Gasteiger partial charge in [-0.2, -0.15) is 0 Å². The van der Waals surface area contributed by atoms with E-state index in [1.807, 2.05) is 11.3 Å². The summed E-state index contributed by atoms with van der Waals surface area (Å²) in [5.41, 5.74) is 14.1. The molecule has 0 amide bonds. The van der Waals surface area contributed by atoms with Crippen LogP contribution in [0.4, 0.5) is 17.1 Å². The summed E-state index contributed by atoms with van der Waals surface area (Å²) in [6, 6.07) is 84.1. The minimum Gasteiger partial charge on any atom is -0.310 e. The molecule has 0 N–H and O–H groups in total. The summed E-state index contributed by atoms with van der Waals surface area (Å²) in [5.74, 6) is 0. The molecule has 0 fully saturated rings. The number of benzene rings is 10. The van der Waals surface area contributed by atoms with Crippen LogP contribution in [0.5, 0.6) is 0 Å². The van der Waals surface area contributed by atoms with E-state index < -0.39 is 0 Å². The Morgan fingerprint density at radius 1 is 0.344 bits per heavy atom. The van der Waals surface area contributed by atoms with E-state index in [4.69, 9.17) is 0 Å². The number of nitrogens with zero attached hydrogens (tertiary/aromatic N) is 2. The van der Waals surface area contributed by atoms with Crippen molar-refractivity contribution in [1.29, 1.82) is 0 Å². The molecular formula is C58H38N2S. The van der Waals surface area contributed by atoms with Crippen LogP contribution in [0.2, 0.25) is 0 Å². The van der Waals surface area contributed by atoms with Gasteiger partial charge in [0.1, 0.15) is 0 Å². The van der Waals surface area contributed by atoms with Crippen LogP contribution in [0.25, 0.3) is 91.8 Å². The monoisotopic (exact) mass is 794 g/mol. The van der Waals surface area contributed by atoms with Gasteiger partial charge in [-0.3, -0.25) is 0 Å². The fourth-order valence-electron chi connectivity index (χ4n) is 9.29. The highest BCUT2D eigenvalue weighted by atomic mass is 32.1. The van der Waals surface area contributed by atoms with Crippen LogP contribution in [-0.2, 0) is 0 Å². The van der Waals surface area contributed by atoms with Crippen LogP contribution in [-0.4, -0.2) is 4.57 Å². The van der Waals surface area contributed by atoms with Crippen molar-refractivity contribution in [1.82, 2.24) is 4.57 Å². The molecule has 0 aliphatic heterocycles. The molecule has 2 nitrogen and oxygen atoms in total. The third-order valence-electron chi connectivity index (χ3n) is 12.2. The molecule has 12 aromatic rings. The highest BCUT2D eigenvalue weighted by molar-refractivity contribution is 7.26. The molecule has 0 saturated carbocycles. The van der Waals surface area contributed by atoms with Crippen molar-refractivity contribution >= 4 is 81.1 Å². The average Bonchev–Trinajstić information content (AvgIpc) is 3.88. The second-order valence-corrected chi connectivity index (χ2v) is 16.8. The number of hydrogen-bond acceptors (Lipinski definition) is 2. The number of hydrogen-bond donors (Lipinski definition) is 0. The minimum atomic E-state index is 1.11. The summed E-state index contributed by atoms with van der Waals surface area (Å²) < 4.78 is 4.99. The van der Waals surface area contributed by atoms with Crippen LogP contribution >= 0.6 is 11.3 Å². The van der Waals surface area contributed by atoms with E-state index in [2.05, 4.69) is 240 Å². The third-order valence-corrected chi connectivity index (χ3v) is 13.4. The standard InChI is InChI=1S/C58H38N2S/c1-3-14-39(15-4-1)40-28-32-47(33-29-40)59(55-26-13-16-41-30-34-51-50-24-8-10-27-56(50)61-58(51)57(41)55)48-22-12-19-44(37-48)42-17-11-18-43(36-42)45-31-35-54-52(38-45)49-23-7-9-25-53(49)60(54)46-20-5-2-6-21-46/h1-38H. The van der Waals surface area contributed by atoms with Gasteiger partial charge in [0.15, 0.2) is 0 Å². The maximum atomic E-state index is 2.45. The van der Waals surface area contributed by atoms with E-state index >= 15 is 0 Å². The number of anilines is 3. The second-order valence-electron chi connectivity index (χ2n) is 15.7. The Balaban J connectivity index is 0.996. The zero-order valence-corrected chi connectivity index (χ0v) is 34.1. The van der Waals surface area contributed by atoms with Crippen LogP contribution in [0.3, 0.4) is 0 Å². The summed E-state index contributed by atoms with van der Waals surface area (Å²) in [6.45, 7) is 0. The minimum absolute atomic E-state index is 1.11. The van der Waals surface area contributed by atoms with E-state index in [1.54, 1.807) is 0 Å². The Labute approximate surface area is 358 Å². The van der Waals surface area contributed by atoms with Gasteiger partial charge in [-0.25, -0.2) is 0 Å². The smallest absolute Gasteiger partial charge is 0.0554 e. The topological polar surface area (TPSA) is 8.17 Å². The quantitative estimate of drug-likeness (QED) is 0.156. The van der Waals surface area contributed by atoms with E-state index in [9.17, 15) is 0 Å². The zero-order chi connectivity index (χ0) is 40.3. The Morgan fingerprint density at radius 2 is 0.951 bits per heavy atom. The lowest BCUT2D eigenvalue weighted by Gasteiger charge is -2.28. The Morgan fingerprint density at radius 3 is 1.77 bits per heavy atom. The molecule has 0 unspecified atom stereocenters. The first-order valence-electron chi connectivity index (χ1n) is 20.8. The fourth-order valence-corrected chi connectivity index (χ4v) is 10.6. The molecule has 10 aromatic carbocycles. The Bertz CT molecular complexity index is 3580. The molecule has 286 valence electrons. The molecule has 0 saturated heterocycles. The SMILES string of the molecule is c1ccc(-c2ccc(N(c3cccc(-c4cccc(-c5ccc6c(c5)c5ccccc5n6-c5ccccc5)c4)c3)c3cccc4ccc5c6ccccc6sc5c34)cc2)cc1. The van der Waals surface area contributed by atoms with E-state index in [-0.39, 0.29) is 0 Å². The molecule has 0 radical (unpaired) electrons. The van der Waals surface area contributed by atoms with Crippen LogP contribution in [0.15, 0.2) is 231 Å². The Kier molecular flexibility index (Phi) is 8.39. The maximum Gasteiger partial charge on any atom is 0.0554 e. The van der Waals surface area contributed by atoms with Crippen molar-refractivity contribution in [3.8, 4) is 39.1 Å². The molecular weight excluding hydrogens is 757 g/mol. The van der Waals surface area contributed by atoms with Crippen molar-refractivity contribution < 1.29 is 0 Å². The number of para-hydroxylation sites is 2. The van der Waals surface area contributed by atoms with Gasteiger partial charge in [0.25, 0.3) is 0 Å². The number of thiophene rings is 1. The van der Waals surface area contributed by atoms with E-state index in [0.717, 1.165) is 17.1 Å². The normalized spacial score (nSPS) is 11.6. The number of fused-ring (bicyclic) bond motifs is 8. The van der Waals surface area contributed by atoms with Crippen molar-refractivity contribution in [2.45, 2.75) is 0 Å². The highest BCUT2D eigenvalue weighted by Crippen LogP contribution is 2.46. The predicted octanol–water partition coefficient (Wildman–Crippen LogP) is 16.8. The van der Waals surface area contributed by atoms with Crippen molar-refractivity contribution in [2.24, 2.45) is 0 Å². The van der Waals surface area contributed by atoms with Crippen LogP contribution < -0.4 is 4.90 Å². The molecule has 0 aliphatic carbocycles. The molecule has 61 heavy (non-hydrogen) atoms. The largest absolute Gasteiger partial charge is 0.310 e. The molecule has 0 atom stereocenters. The second kappa shape index (κ2) is 14.5. The first kappa shape index (κ1) is 35.2. The van der Waals surface area contributed by atoms with Gasteiger partial charge in [0.05, 0.1) is 16.7 Å². The first-order chi connectivity index (χ1) is 30.2. The zero-order valence-electron chi connectivity index (χ0n) is 33.2. The summed E-state index contributed by atoms with van der Waals surface area (Å²) >= 11 is 1.89. The van der Waals surface area contributed by atoms with Crippen LogP contribution in [0.1, 0.15) is 0 Å². The predicted molar refractivity (Wildman–Crippen MR) is 262 cm³/mol. The maximum absolute atomic E-state index is 2.45. The summed E-state index contributed by atoms with van der Waals surface area (Å²) in [6.07, 6.45) is 0. The summed E-state index contributed by atoms with van der Waals surface area (Å²) in [4.78, 5) is 2.45. The molecule has 3 heteroatoms. The fraction of sp³-hybridized carbons (Fsp3) is 0. The van der Waals surface area contributed by atoms with Gasteiger partial charge >= 0.3 is 0 Å². The van der Waals surface area contributed by atoms with Crippen molar-refractivity contribution in [3.63, 3.8) is 0 Å². The number of rotatable bonds is 7. The van der Waals surface area contributed by atoms with E-state index in [1.165, 1.54) is 91.8 Å². The van der Waals surface area contributed by atoms with Gasteiger partial charge in [0.2, 0.25) is 0 Å². The first-order valence-corrected chi connectivity index (χ1v) is 21.6. The van der Waals surface area contributed by atoms with E-state index in [0.29, 0.717) is 0 Å². The lowest BCUT2D eigenvalue weighted by Crippen LogP contribution is -2.10. The highest BCUT2D eigenvalue weighted by Gasteiger charge is 2.20. The third kappa shape index (κ3) is 6.01. The van der Waals surface area contributed by atoms with Gasteiger partial charge in [0, 0.05) is 53.4 Å². The number of aromatic nitrogens is 1. The molecule has 0 bridgehead atoms. The summed E-state index contributed by atoms with van der Waals surface area (Å²) in [7, 11) is 0. The van der Waals surface area contributed by atoms with Gasteiger partial charge in [-0.15, -0.1) is 11.3 Å². The molecule has 2 heterocycles. The molecule has 12 rings (SSSR count). The summed E-state index contributed by atoms with van der Waals surface area (Å²) in [5, 5.41) is 7.61. The lowest BCUT2D eigenvalue weighted by atomic mass is 9.97. The van der Waals surface area contributed by atoms with Crippen molar-refractivity contribution in [2.75, 3.05) is 4.90 Å². The molecule has 2 aromatic heterocycles. The molecule has 0 aliphatic rings. The van der Waals surface area contributed by atoms with Crippen LogP contribution in [0, 0.1) is 0 Å². The van der Waals surface area contributed by atoms with Gasteiger partial charge in [-0.1, -0.05) is 158 Å².